The van der Waals surface area contributed by atoms with E-state index in [0.717, 1.165) is 24.6 Å². The molecule has 1 atom stereocenters. The van der Waals surface area contributed by atoms with Crippen molar-refractivity contribution in [1.29, 1.82) is 0 Å². The van der Waals surface area contributed by atoms with Crippen molar-refractivity contribution in [3.63, 3.8) is 0 Å². The van der Waals surface area contributed by atoms with Crippen molar-refractivity contribution < 1.29 is 9.53 Å². The standard InChI is InChI=1S/C15H20N2O2/c18-15(16-7-8-19-10-11-5-6-11)14-9-12-3-1-2-4-13(12)17-14/h1-4,11,14,17H,5-10H2,(H,16,18). The van der Waals surface area contributed by atoms with Crippen molar-refractivity contribution >= 4 is 11.6 Å². The largest absolute Gasteiger partial charge is 0.379 e. The molecule has 1 aliphatic heterocycles. The molecule has 1 saturated carbocycles. The van der Waals surface area contributed by atoms with E-state index in [1.807, 2.05) is 18.2 Å². The zero-order valence-electron chi connectivity index (χ0n) is 11.0. The summed E-state index contributed by atoms with van der Waals surface area (Å²) in [5.74, 6) is 0.841. The minimum absolute atomic E-state index is 0.0613. The molecular weight excluding hydrogens is 240 g/mol. The third-order valence-corrected chi connectivity index (χ3v) is 3.68. The van der Waals surface area contributed by atoms with E-state index in [0.29, 0.717) is 13.2 Å². The third-order valence-electron chi connectivity index (χ3n) is 3.68. The van der Waals surface area contributed by atoms with Gasteiger partial charge in [0.25, 0.3) is 0 Å². The molecule has 4 nitrogen and oxygen atoms in total. The summed E-state index contributed by atoms with van der Waals surface area (Å²) < 4.78 is 5.50. The number of benzene rings is 1. The van der Waals surface area contributed by atoms with Crippen molar-refractivity contribution in [3.8, 4) is 0 Å². The maximum atomic E-state index is 12.0. The van der Waals surface area contributed by atoms with Crippen molar-refractivity contribution in [2.75, 3.05) is 25.1 Å². The molecular formula is C15H20N2O2. The molecule has 0 aromatic heterocycles. The third kappa shape index (κ3) is 3.26. The average Bonchev–Trinajstić information content (AvgIpc) is 3.14. The number of hydrogen-bond donors (Lipinski definition) is 2. The number of rotatable bonds is 6. The van der Waals surface area contributed by atoms with Gasteiger partial charge in [0.2, 0.25) is 5.91 Å². The fraction of sp³-hybridized carbons (Fsp3) is 0.533. The smallest absolute Gasteiger partial charge is 0.242 e. The quantitative estimate of drug-likeness (QED) is 0.763. The van der Waals surface area contributed by atoms with Crippen LogP contribution in [0.1, 0.15) is 18.4 Å². The molecule has 0 spiro atoms. The zero-order valence-corrected chi connectivity index (χ0v) is 11.0. The number of ether oxygens (including phenoxy) is 1. The van der Waals surface area contributed by atoms with Gasteiger partial charge in [-0.05, 0) is 30.4 Å². The second-order valence-corrected chi connectivity index (χ2v) is 5.37. The van der Waals surface area contributed by atoms with Crippen molar-refractivity contribution in [3.05, 3.63) is 29.8 Å². The van der Waals surface area contributed by atoms with Crippen molar-refractivity contribution in [2.24, 2.45) is 5.92 Å². The number of para-hydroxylation sites is 1. The summed E-state index contributed by atoms with van der Waals surface area (Å²) in [4.78, 5) is 12.0. The SMILES string of the molecule is O=C(NCCOCC1CC1)C1Cc2ccccc2N1. The molecule has 0 bridgehead atoms. The number of nitrogens with one attached hydrogen (secondary N) is 2. The number of fused-ring (bicyclic) bond motifs is 1. The first-order chi connectivity index (χ1) is 9.33. The predicted molar refractivity (Wildman–Crippen MR) is 74.1 cm³/mol. The minimum atomic E-state index is -0.138. The lowest BCUT2D eigenvalue weighted by Gasteiger charge is -2.12. The van der Waals surface area contributed by atoms with Crippen LogP contribution in [-0.2, 0) is 16.0 Å². The van der Waals surface area contributed by atoms with Crippen LogP contribution in [0.25, 0.3) is 0 Å². The van der Waals surface area contributed by atoms with Crippen LogP contribution in [0.2, 0.25) is 0 Å². The maximum absolute atomic E-state index is 12.0. The van der Waals surface area contributed by atoms with E-state index in [9.17, 15) is 4.79 Å². The molecule has 1 aromatic rings. The second-order valence-electron chi connectivity index (χ2n) is 5.37. The molecule has 1 fully saturated rings. The molecule has 1 heterocycles. The Hall–Kier alpha value is -1.55. The number of amides is 1. The van der Waals surface area contributed by atoms with Crippen LogP contribution in [0.15, 0.2) is 24.3 Å². The van der Waals surface area contributed by atoms with Crippen LogP contribution in [-0.4, -0.2) is 31.7 Å². The Balaban J connectivity index is 1.37. The summed E-state index contributed by atoms with van der Waals surface area (Å²) in [6.07, 6.45) is 3.37. The summed E-state index contributed by atoms with van der Waals surface area (Å²) in [6, 6.07) is 7.93. The molecule has 19 heavy (non-hydrogen) atoms. The molecule has 1 aromatic carbocycles. The molecule has 3 rings (SSSR count). The number of anilines is 1. The van der Waals surface area contributed by atoms with Gasteiger partial charge in [0.05, 0.1) is 6.61 Å². The van der Waals surface area contributed by atoms with Gasteiger partial charge in [-0.1, -0.05) is 18.2 Å². The minimum Gasteiger partial charge on any atom is -0.379 e. The number of hydrogen-bond acceptors (Lipinski definition) is 3. The monoisotopic (exact) mass is 260 g/mol. The lowest BCUT2D eigenvalue weighted by Crippen LogP contribution is -2.39. The van der Waals surface area contributed by atoms with Gasteiger partial charge in [0.15, 0.2) is 0 Å². The van der Waals surface area contributed by atoms with Gasteiger partial charge < -0.3 is 15.4 Å². The summed E-state index contributed by atoms with van der Waals surface area (Å²) in [6.45, 7) is 2.06. The second kappa shape index (κ2) is 5.61. The first-order valence-corrected chi connectivity index (χ1v) is 7.03. The highest BCUT2D eigenvalue weighted by molar-refractivity contribution is 5.87. The molecule has 102 valence electrons. The summed E-state index contributed by atoms with van der Waals surface area (Å²) in [5.41, 5.74) is 2.29. The zero-order chi connectivity index (χ0) is 13.1. The highest BCUT2D eigenvalue weighted by Gasteiger charge is 2.26. The fourth-order valence-electron chi connectivity index (χ4n) is 2.36. The molecule has 0 saturated heterocycles. The molecule has 1 amide bonds. The Kier molecular flexibility index (Phi) is 3.69. The van der Waals surface area contributed by atoms with E-state index in [4.69, 9.17) is 4.74 Å². The Morgan fingerprint density at radius 3 is 3.00 bits per heavy atom. The van der Waals surface area contributed by atoms with Gasteiger partial charge in [-0.25, -0.2) is 0 Å². The van der Waals surface area contributed by atoms with Crippen LogP contribution in [0.3, 0.4) is 0 Å². The first-order valence-electron chi connectivity index (χ1n) is 7.03. The highest BCUT2D eigenvalue weighted by Crippen LogP contribution is 2.28. The average molecular weight is 260 g/mol. The van der Waals surface area contributed by atoms with Gasteiger partial charge in [-0.2, -0.15) is 0 Å². The van der Waals surface area contributed by atoms with Gasteiger partial charge in [-0.3, -0.25) is 4.79 Å². The summed E-state index contributed by atoms with van der Waals surface area (Å²) in [5, 5.41) is 6.18. The molecule has 1 unspecified atom stereocenters. The Labute approximate surface area is 113 Å². The lowest BCUT2D eigenvalue weighted by molar-refractivity contribution is -0.121. The molecule has 2 aliphatic rings. The molecule has 4 heteroatoms. The van der Waals surface area contributed by atoms with Crippen molar-refractivity contribution in [2.45, 2.75) is 25.3 Å². The van der Waals surface area contributed by atoms with Crippen LogP contribution >= 0.6 is 0 Å². The van der Waals surface area contributed by atoms with E-state index in [1.54, 1.807) is 0 Å². The van der Waals surface area contributed by atoms with Gasteiger partial charge in [0.1, 0.15) is 6.04 Å². The van der Waals surface area contributed by atoms with E-state index < -0.39 is 0 Å². The Morgan fingerprint density at radius 1 is 1.37 bits per heavy atom. The molecule has 2 N–H and O–H groups in total. The topological polar surface area (TPSA) is 50.4 Å². The van der Waals surface area contributed by atoms with Crippen LogP contribution in [0.5, 0.6) is 0 Å². The first kappa shape index (κ1) is 12.5. The summed E-state index contributed by atoms with van der Waals surface area (Å²) >= 11 is 0. The maximum Gasteiger partial charge on any atom is 0.242 e. The van der Waals surface area contributed by atoms with E-state index in [2.05, 4.69) is 16.7 Å². The van der Waals surface area contributed by atoms with Gasteiger partial charge in [-0.15, -0.1) is 0 Å². The van der Waals surface area contributed by atoms with Gasteiger partial charge >= 0.3 is 0 Å². The number of carbonyl (C=O) groups is 1. The van der Waals surface area contributed by atoms with E-state index in [-0.39, 0.29) is 11.9 Å². The normalized spacial score (nSPS) is 20.7. The van der Waals surface area contributed by atoms with Crippen LogP contribution in [0.4, 0.5) is 5.69 Å². The number of carbonyl (C=O) groups excluding carboxylic acids is 1. The van der Waals surface area contributed by atoms with Crippen molar-refractivity contribution in [1.82, 2.24) is 5.32 Å². The van der Waals surface area contributed by atoms with Crippen LogP contribution in [0, 0.1) is 5.92 Å². The predicted octanol–water partition coefficient (Wildman–Crippen LogP) is 1.57. The molecule has 0 radical (unpaired) electrons. The summed E-state index contributed by atoms with van der Waals surface area (Å²) in [7, 11) is 0. The Bertz CT molecular complexity index is 432. The Morgan fingerprint density at radius 2 is 2.21 bits per heavy atom. The lowest BCUT2D eigenvalue weighted by atomic mass is 10.1. The van der Waals surface area contributed by atoms with E-state index >= 15 is 0 Å². The fourth-order valence-corrected chi connectivity index (χ4v) is 2.36. The molecule has 1 aliphatic carbocycles. The highest BCUT2D eigenvalue weighted by atomic mass is 16.5. The van der Waals surface area contributed by atoms with E-state index in [1.165, 1.54) is 18.4 Å². The van der Waals surface area contributed by atoms with Crippen LogP contribution < -0.4 is 10.6 Å². The van der Waals surface area contributed by atoms with Gasteiger partial charge in [0, 0.05) is 25.3 Å².